The molecule has 0 unspecified atom stereocenters. The molecule has 0 saturated heterocycles. The topological polar surface area (TPSA) is 20.2 Å². The number of rotatable bonds is 8. The summed E-state index contributed by atoms with van der Waals surface area (Å²) < 4.78 is 0. The van der Waals surface area contributed by atoms with Crippen molar-refractivity contribution in [3.05, 3.63) is 0 Å². The summed E-state index contributed by atoms with van der Waals surface area (Å²) in [5.74, 6) is 5.17. The van der Waals surface area contributed by atoms with E-state index in [9.17, 15) is 0 Å². The van der Waals surface area contributed by atoms with Crippen LogP contribution in [-0.2, 0) is 0 Å². The predicted octanol–water partition coefficient (Wildman–Crippen LogP) is 3.76. The van der Waals surface area contributed by atoms with Crippen LogP contribution in [0.15, 0.2) is 0 Å². The van der Waals surface area contributed by atoms with Gasteiger partial charge in [-0.1, -0.05) is 32.6 Å². The van der Waals surface area contributed by atoms with Gasteiger partial charge in [-0.25, -0.2) is 0 Å². The van der Waals surface area contributed by atoms with E-state index in [1.54, 1.807) is 0 Å². The van der Waals surface area contributed by atoms with E-state index in [1.807, 2.05) is 0 Å². The summed E-state index contributed by atoms with van der Waals surface area (Å²) >= 11 is 0. The lowest BCUT2D eigenvalue weighted by Gasteiger charge is -1.90. The highest BCUT2D eigenvalue weighted by Crippen LogP contribution is 2.00. The van der Waals surface area contributed by atoms with E-state index in [0.717, 1.165) is 32.1 Å². The molecule has 0 aliphatic heterocycles. The van der Waals surface area contributed by atoms with Gasteiger partial charge in [0.05, 0.1) is 0 Å². The molecule has 0 radical (unpaired) electrons. The summed E-state index contributed by atoms with van der Waals surface area (Å²) in [6.45, 7) is 2.50. The Labute approximate surface area is 102 Å². The van der Waals surface area contributed by atoms with Crippen molar-refractivity contribution in [3.63, 3.8) is 0 Å². The summed E-state index contributed by atoms with van der Waals surface area (Å²) in [6.07, 6.45) is 20.0. The highest BCUT2D eigenvalue weighted by atomic mass is 16.2. The van der Waals surface area contributed by atoms with Crippen molar-refractivity contribution in [2.75, 3.05) is 6.61 Å². The SMILES string of the molecule is C#CCCCCCC.C#CCCCCCO. The van der Waals surface area contributed by atoms with Crippen LogP contribution in [0.2, 0.25) is 0 Å². The van der Waals surface area contributed by atoms with Crippen molar-refractivity contribution in [1.29, 1.82) is 0 Å². The molecule has 0 saturated carbocycles. The molecule has 0 rings (SSSR count). The fourth-order valence-electron chi connectivity index (χ4n) is 1.17. The largest absolute Gasteiger partial charge is 0.396 e. The summed E-state index contributed by atoms with van der Waals surface area (Å²) in [6, 6.07) is 0. The van der Waals surface area contributed by atoms with E-state index >= 15 is 0 Å². The zero-order valence-corrected chi connectivity index (χ0v) is 10.7. The number of aliphatic hydroxyl groups is 1. The second-order valence-electron chi connectivity index (χ2n) is 3.75. The van der Waals surface area contributed by atoms with Gasteiger partial charge in [0.15, 0.2) is 0 Å². The normalized spacial score (nSPS) is 8.50. The molecule has 0 aliphatic carbocycles. The molecule has 0 aromatic rings. The van der Waals surface area contributed by atoms with Crippen LogP contribution in [0.4, 0.5) is 0 Å². The Morgan fingerprint density at radius 1 is 0.812 bits per heavy atom. The quantitative estimate of drug-likeness (QED) is 0.490. The average molecular weight is 222 g/mol. The first-order valence-electron chi connectivity index (χ1n) is 6.31. The molecular formula is C15H26O. The van der Waals surface area contributed by atoms with Crippen molar-refractivity contribution in [2.45, 2.75) is 64.7 Å². The number of terminal acetylenes is 2. The molecule has 1 nitrogen and oxygen atoms in total. The van der Waals surface area contributed by atoms with E-state index in [0.29, 0.717) is 6.61 Å². The molecule has 0 aromatic heterocycles. The number of aliphatic hydroxyl groups excluding tert-OH is 1. The fourth-order valence-corrected chi connectivity index (χ4v) is 1.17. The molecule has 0 spiro atoms. The van der Waals surface area contributed by atoms with Crippen LogP contribution < -0.4 is 0 Å². The zero-order valence-electron chi connectivity index (χ0n) is 10.7. The minimum Gasteiger partial charge on any atom is -0.396 e. The average Bonchev–Trinajstić information content (AvgIpc) is 2.31. The smallest absolute Gasteiger partial charge is 0.0431 e. The Bertz CT molecular complexity index is 161. The minimum atomic E-state index is 0.296. The zero-order chi connectivity index (χ0) is 12.5. The Morgan fingerprint density at radius 3 is 1.69 bits per heavy atom. The van der Waals surface area contributed by atoms with Gasteiger partial charge in [-0.2, -0.15) is 0 Å². The molecule has 16 heavy (non-hydrogen) atoms. The first-order chi connectivity index (χ1) is 7.83. The molecule has 0 aromatic carbocycles. The standard InChI is InChI=1S/C8H14.C7H12O/c1-3-5-7-8-6-4-2;1-2-3-4-5-6-7-8/h1H,4-8H2,2H3;1,8H,3-7H2. The Kier molecular flexibility index (Phi) is 21.4. The van der Waals surface area contributed by atoms with Crippen LogP contribution >= 0.6 is 0 Å². The van der Waals surface area contributed by atoms with E-state index < -0.39 is 0 Å². The molecule has 0 heterocycles. The third-order valence-corrected chi connectivity index (χ3v) is 2.15. The maximum atomic E-state index is 8.31. The first kappa shape index (κ1) is 17.5. The fraction of sp³-hybridized carbons (Fsp3) is 0.733. The molecule has 1 N–H and O–H groups in total. The van der Waals surface area contributed by atoms with E-state index in [4.69, 9.17) is 18.0 Å². The highest BCUT2D eigenvalue weighted by Gasteiger charge is 1.82. The number of hydrogen-bond donors (Lipinski definition) is 1. The predicted molar refractivity (Wildman–Crippen MR) is 72.0 cm³/mol. The van der Waals surface area contributed by atoms with Crippen LogP contribution in [-0.4, -0.2) is 11.7 Å². The van der Waals surface area contributed by atoms with Crippen LogP contribution in [0.3, 0.4) is 0 Å². The monoisotopic (exact) mass is 222 g/mol. The molecule has 0 bridgehead atoms. The molecule has 0 amide bonds. The van der Waals surface area contributed by atoms with Crippen LogP contribution in [0, 0.1) is 24.7 Å². The lowest BCUT2D eigenvalue weighted by Crippen LogP contribution is -1.81. The maximum Gasteiger partial charge on any atom is 0.0431 e. The lowest BCUT2D eigenvalue weighted by molar-refractivity contribution is 0.283. The highest BCUT2D eigenvalue weighted by molar-refractivity contribution is 4.83. The van der Waals surface area contributed by atoms with Crippen LogP contribution in [0.1, 0.15) is 64.7 Å². The van der Waals surface area contributed by atoms with Gasteiger partial charge in [-0.05, 0) is 19.3 Å². The van der Waals surface area contributed by atoms with Gasteiger partial charge in [0.1, 0.15) is 0 Å². The minimum absolute atomic E-state index is 0.296. The third-order valence-electron chi connectivity index (χ3n) is 2.15. The lowest BCUT2D eigenvalue weighted by atomic mass is 10.2. The second-order valence-corrected chi connectivity index (χ2v) is 3.75. The molecule has 0 aliphatic rings. The van der Waals surface area contributed by atoms with Gasteiger partial charge < -0.3 is 5.11 Å². The Morgan fingerprint density at radius 2 is 1.31 bits per heavy atom. The van der Waals surface area contributed by atoms with Gasteiger partial charge >= 0.3 is 0 Å². The van der Waals surface area contributed by atoms with Crippen LogP contribution in [0.5, 0.6) is 0 Å². The van der Waals surface area contributed by atoms with E-state index in [1.165, 1.54) is 25.7 Å². The molecular weight excluding hydrogens is 196 g/mol. The van der Waals surface area contributed by atoms with Crippen molar-refractivity contribution in [1.82, 2.24) is 0 Å². The first-order valence-corrected chi connectivity index (χ1v) is 6.31. The van der Waals surface area contributed by atoms with Gasteiger partial charge in [-0.15, -0.1) is 24.7 Å². The van der Waals surface area contributed by atoms with Crippen molar-refractivity contribution >= 4 is 0 Å². The molecule has 1 heteroatoms. The van der Waals surface area contributed by atoms with Gasteiger partial charge in [0.25, 0.3) is 0 Å². The van der Waals surface area contributed by atoms with Gasteiger partial charge in [-0.3, -0.25) is 0 Å². The van der Waals surface area contributed by atoms with E-state index in [2.05, 4.69) is 18.8 Å². The van der Waals surface area contributed by atoms with Crippen LogP contribution in [0.25, 0.3) is 0 Å². The molecule has 92 valence electrons. The van der Waals surface area contributed by atoms with Crippen molar-refractivity contribution < 1.29 is 5.11 Å². The summed E-state index contributed by atoms with van der Waals surface area (Å²) in [5, 5.41) is 8.31. The molecule has 0 atom stereocenters. The van der Waals surface area contributed by atoms with Crippen molar-refractivity contribution in [3.8, 4) is 24.7 Å². The maximum absolute atomic E-state index is 8.31. The third kappa shape index (κ3) is 23.2. The second kappa shape index (κ2) is 19.6. The Balaban J connectivity index is 0. The Hall–Kier alpha value is -0.920. The molecule has 0 fully saturated rings. The summed E-state index contributed by atoms with van der Waals surface area (Å²) in [7, 11) is 0. The number of hydrogen-bond acceptors (Lipinski definition) is 1. The van der Waals surface area contributed by atoms with Gasteiger partial charge in [0.2, 0.25) is 0 Å². The van der Waals surface area contributed by atoms with Crippen molar-refractivity contribution in [2.24, 2.45) is 0 Å². The van der Waals surface area contributed by atoms with E-state index in [-0.39, 0.29) is 0 Å². The summed E-state index contributed by atoms with van der Waals surface area (Å²) in [5.41, 5.74) is 0. The number of unbranched alkanes of at least 4 members (excludes halogenated alkanes) is 7. The van der Waals surface area contributed by atoms with Gasteiger partial charge in [0, 0.05) is 19.4 Å². The summed E-state index contributed by atoms with van der Waals surface area (Å²) in [4.78, 5) is 0.